The van der Waals surface area contributed by atoms with Crippen molar-refractivity contribution < 1.29 is 14.7 Å². The summed E-state index contributed by atoms with van der Waals surface area (Å²) in [6.45, 7) is 1.47. The van der Waals surface area contributed by atoms with E-state index in [0.717, 1.165) is 35.2 Å². The van der Waals surface area contributed by atoms with Crippen LogP contribution in [0.1, 0.15) is 28.9 Å². The van der Waals surface area contributed by atoms with Crippen molar-refractivity contribution in [1.82, 2.24) is 9.80 Å². The maximum Gasteiger partial charge on any atom is 0.317 e. The number of likely N-dealkylation sites (tertiary alicyclic amines) is 1. The molecule has 0 bridgehead atoms. The number of thiophene rings is 1. The van der Waals surface area contributed by atoms with E-state index in [1.807, 2.05) is 28.3 Å². The highest BCUT2D eigenvalue weighted by Gasteiger charge is 2.25. The van der Waals surface area contributed by atoms with Crippen LogP contribution < -0.4 is 0 Å². The molecule has 1 aliphatic heterocycles. The number of rotatable bonds is 4. The standard InChI is InChI=1S/C14H19BrN2O3S/c1-16(9-12(18)19)10-3-2-6-17(7-4-10)14(20)13-11(15)5-8-21-13/h5,8,10H,2-4,6-7,9H2,1H3,(H,18,19). The predicted octanol–water partition coefficient (Wildman–Crippen LogP) is 2.52. The molecule has 7 heteroatoms. The lowest BCUT2D eigenvalue weighted by atomic mass is 10.1. The van der Waals surface area contributed by atoms with Crippen molar-refractivity contribution in [1.29, 1.82) is 0 Å². The van der Waals surface area contributed by atoms with E-state index >= 15 is 0 Å². The summed E-state index contributed by atoms with van der Waals surface area (Å²) in [6, 6.07) is 2.12. The number of carboxylic acid groups (broad SMARTS) is 1. The van der Waals surface area contributed by atoms with Crippen LogP contribution in [0, 0.1) is 0 Å². The summed E-state index contributed by atoms with van der Waals surface area (Å²) in [4.78, 5) is 27.8. The molecule has 1 amide bonds. The largest absolute Gasteiger partial charge is 0.480 e. The Morgan fingerprint density at radius 1 is 1.48 bits per heavy atom. The Balaban J connectivity index is 1.96. The Hall–Kier alpha value is -0.920. The van der Waals surface area contributed by atoms with Gasteiger partial charge in [-0.15, -0.1) is 11.3 Å². The third-order valence-electron chi connectivity index (χ3n) is 3.80. The lowest BCUT2D eigenvalue weighted by Gasteiger charge is -2.25. The zero-order valence-electron chi connectivity index (χ0n) is 11.9. The predicted molar refractivity (Wildman–Crippen MR) is 85.8 cm³/mol. The van der Waals surface area contributed by atoms with Gasteiger partial charge in [0.25, 0.3) is 5.91 Å². The van der Waals surface area contributed by atoms with E-state index < -0.39 is 5.97 Å². The van der Waals surface area contributed by atoms with Gasteiger partial charge < -0.3 is 10.0 Å². The van der Waals surface area contributed by atoms with E-state index in [9.17, 15) is 9.59 Å². The molecule has 0 aliphatic carbocycles. The van der Waals surface area contributed by atoms with Gasteiger partial charge in [0.05, 0.1) is 6.54 Å². The fourth-order valence-electron chi connectivity index (χ4n) is 2.66. The molecule has 2 heterocycles. The molecule has 1 fully saturated rings. The van der Waals surface area contributed by atoms with Gasteiger partial charge in [0.2, 0.25) is 0 Å². The van der Waals surface area contributed by atoms with Crippen molar-refractivity contribution in [3.8, 4) is 0 Å². The molecule has 0 aromatic carbocycles. The van der Waals surface area contributed by atoms with Crippen LogP contribution in [0.15, 0.2) is 15.9 Å². The zero-order valence-corrected chi connectivity index (χ0v) is 14.3. The summed E-state index contributed by atoms with van der Waals surface area (Å²) in [6.07, 6.45) is 2.65. The number of carbonyl (C=O) groups is 2. The van der Waals surface area contributed by atoms with Gasteiger partial charge in [-0.3, -0.25) is 14.5 Å². The van der Waals surface area contributed by atoms with Crippen molar-refractivity contribution in [3.05, 3.63) is 20.8 Å². The molecule has 1 unspecified atom stereocenters. The average Bonchev–Trinajstić information content (AvgIpc) is 2.71. The molecule has 0 radical (unpaired) electrons. The van der Waals surface area contributed by atoms with Gasteiger partial charge in [0.1, 0.15) is 4.88 Å². The normalized spacial score (nSPS) is 19.6. The monoisotopic (exact) mass is 374 g/mol. The molecule has 0 saturated carbocycles. The van der Waals surface area contributed by atoms with Crippen LogP contribution in [0.4, 0.5) is 0 Å². The second kappa shape index (κ2) is 7.38. The van der Waals surface area contributed by atoms with Gasteiger partial charge in [-0.1, -0.05) is 0 Å². The van der Waals surface area contributed by atoms with Crippen LogP contribution in [0.25, 0.3) is 0 Å². The molecule has 1 aromatic heterocycles. The van der Waals surface area contributed by atoms with Gasteiger partial charge >= 0.3 is 5.97 Å². The van der Waals surface area contributed by atoms with Crippen LogP contribution in [-0.4, -0.2) is 59.5 Å². The van der Waals surface area contributed by atoms with Crippen molar-refractivity contribution in [2.45, 2.75) is 25.3 Å². The lowest BCUT2D eigenvalue weighted by Crippen LogP contribution is -2.37. The quantitative estimate of drug-likeness (QED) is 0.879. The molecular weight excluding hydrogens is 356 g/mol. The van der Waals surface area contributed by atoms with Crippen molar-refractivity contribution in [2.24, 2.45) is 0 Å². The fraction of sp³-hybridized carbons (Fsp3) is 0.571. The molecule has 1 aromatic rings. The molecular formula is C14H19BrN2O3S. The number of nitrogens with zero attached hydrogens (tertiary/aromatic N) is 2. The number of halogens is 1. The van der Waals surface area contributed by atoms with Gasteiger partial charge in [0.15, 0.2) is 0 Å². The van der Waals surface area contributed by atoms with E-state index in [2.05, 4.69) is 15.9 Å². The number of likely N-dealkylation sites (N-methyl/N-ethyl adjacent to an activating group) is 1. The summed E-state index contributed by atoms with van der Waals surface area (Å²) >= 11 is 4.85. The van der Waals surface area contributed by atoms with E-state index in [4.69, 9.17) is 5.11 Å². The zero-order chi connectivity index (χ0) is 15.4. The Bertz CT molecular complexity index is 520. The van der Waals surface area contributed by atoms with Gasteiger partial charge in [-0.05, 0) is 53.7 Å². The number of carbonyl (C=O) groups excluding carboxylic acids is 1. The Morgan fingerprint density at radius 2 is 2.24 bits per heavy atom. The summed E-state index contributed by atoms with van der Waals surface area (Å²) in [5.74, 6) is -0.740. The minimum absolute atomic E-state index is 0.0507. The van der Waals surface area contributed by atoms with Crippen molar-refractivity contribution in [2.75, 3.05) is 26.7 Å². The molecule has 5 nitrogen and oxygen atoms in total. The average molecular weight is 375 g/mol. The fourth-order valence-corrected chi connectivity index (χ4v) is 4.16. The van der Waals surface area contributed by atoms with Gasteiger partial charge in [-0.2, -0.15) is 0 Å². The third kappa shape index (κ3) is 4.28. The highest BCUT2D eigenvalue weighted by Crippen LogP contribution is 2.25. The number of hydrogen-bond acceptors (Lipinski definition) is 4. The third-order valence-corrected chi connectivity index (χ3v) is 5.63. The Kier molecular flexibility index (Phi) is 5.78. The molecule has 1 aliphatic rings. The van der Waals surface area contributed by atoms with Crippen LogP contribution in [-0.2, 0) is 4.79 Å². The lowest BCUT2D eigenvalue weighted by molar-refractivity contribution is -0.138. The van der Waals surface area contributed by atoms with E-state index in [0.29, 0.717) is 6.54 Å². The minimum Gasteiger partial charge on any atom is -0.480 e. The highest BCUT2D eigenvalue weighted by atomic mass is 79.9. The van der Waals surface area contributed by atoms with Crippen LogP contribution in [0.2, 0.25) is 0 Å². The second-order valence-electron chi connectivity index (χ2n) is 5.28. The molecule has 0 spiro atoms. The molecule has 116 valence electrons. The Morgan fingerprint density at radius 3 is 2.86 bits per heavy atom. The minimum atomic E-state index is -0.808. The topological polar surface area (TPSA) is 60.9 Å². The molecule has 1 N–H and O–H groups in total. The summed E-state index contributed by atoms with van der Waals surface area (Å²) in [7, 11) is 1.84. The SMILES string of the molecule is CN(CC(=O)O)C1CCCN(C(=O)c2sccc2Br)CC1. The summed E-state index contributed by atoms with van der Waals surface area (Å²) in [5, 5.41) is 10.8. The highest BCUT2D eigenvalue weighted by molar-refractivity contribution is 9.10. The van der Waals surface area contributed by atoms with E-state index in [1.54, 1.807) is 0 Å². The van der Waals surface area contributed by atoms with Crippen LogP contribution in [0.5, 0.6) is 0 Å². The first-order valence-electron chi connectivity index (χ1n) is 6.93. The maximum absolute atomic E-state index is 12.5. The van der Waals surface area contributed by atoms with Crippen LogP contribution in [0.3, 0.4) is 0 Å². The van der Waals surface area contributed by atoms with Crippen molar-refractivity contribution in [3.63, 3.8) is 0 Å². The van der Waals surface area contributed by atoms with Crippen molar-refractivity contribution >= 4 is 39.1 Å². The van der Waals surface area contributed by atoms with Gasteiger partial charge in [0, 0.05) is 23.6 Å². The first kappa shape index (κ1) is 16.5. The number of aliphatic carboxylic acids is 1. The number of carboxylic acids is 1. The molecule has 1 atom stereocenters. The molecule has 1 saturated heterocycles. The van der Waals surface area contributed by atoms with Crippen LogP contribution >= 0.6 is 27.3 Å². The number of hydrogen-bond donors (Lipinski definition) is 1. The first-order chi connectivity index (χ1) is 9.99. The summed E-state index contributed by atoms with van der Waals surface area (Å²) in [5.41, 5.74) is 0. The van der Waals surface area contributed by atoms with E-state index in [-0.39, 0.29) is 18.5 Å². The first-order valence-corrected chi connectivity index (χ1v) is 8.60. The van der Waals surface area contributed by atoms with Gasteiger partial charge in [-0.25, -0.2) is 0 Å². The second-order valence-corrected chi connectivity index (χ2v) is 7.05. The van der Waals surface area contributed by atoms with E-state index in [1.165, 1.54) is 11.3 Å². The maximum atomic E-state index is 12.5. The number of amides is 1. The smallest absolute Gasteiger partial charge is 0.317 e. The summed E-state index contributed by atoms with van der Waals surface area (Å²) < 4.78 is 0.848. The Labute approximate surface area is 136 Å². The molecule has 2 rings (SSSR count). The molecule has 21 heavy (non-hydrogen) atoms.